The molecule has 5 heteroatoms. The lowest BCUT2D eigenvalue weighted by Gasteiger charge is -2.14. The Morgan fingerprint density at radius 1 is 1.33 bits per heavy atom. The number of nitrogens with zero attached hydrogens (tertiary/aromatic N) is 1. The molecule has 2 aromatic rings. The topological polar surface area (TPSA) is 48.1 Å². The molecular formula is C13H15ClN2OS. The van der Waals surface area contributed by atoms with E-state index in [2.05, 4.69) is 4.98 Å². The molecule has 1 heterocycles. The Balaban J connectivity index is 2.19. The van der Waals surface area contributed by atoms with Gasteiger partial charge in [0.05, 0.1) is 5.69 Å². The van der Waals surface area contributed by atoms with Crippen molar-refractivity contribution >= 4 is 28.1 Å². The van der Waals surface area contributed by atoms with Crippen LogP contribution in [0.1, 0.15) is 29.8 Å². The normalized spacial score (nSPS) is 12.4. The molecule has 18 heavy (non-hydrogen) atoms. The van der Waals surface area contributed by atoms with Crippen molar-refractivity contribution in [2.45, 2.75) is 26.9 Å². The predicted molar refractivity (Wildman–Crippen MR) is 76.5 cm³/mol. The van der Waals surface area contributed by atoms with Crippen LogP contribution in [0.5, 0.6) is 5.75 Å². The van der Waals surface area contributed by atoms with Crippen LogP contribution in [-0.4, -0.2) is 4.98 Å². The Kier molecular flexibility index (Phi) is 3.78. The van der Waals surface area contributed by atoms with Crippen LogP contribution in [0.2, 0.25) is 5.02 Å². The number of nitrogens with two attached hydrogens (primary N) is 1. The average Bonchev–Trinajstić information content (AvgIpc) is 2.72. The molecule has 0 bridgehead atoms. The first-order chi connectivity index (χ1) is 8.47. The number of aryl methyl sites for hydroxylation is 2. The molecule has 1 aromatic heterocycles. The van der Waals surface area contributed by atoms with Gasteiger partial charge in [0.1, 0.15) is 11.9 Å². The monoisotopic (exact) mass is 282 g/mol. The van der Waals surface area contributed by atoms with Crippen molar-refractivity contribution in [1.29, 1.82) is 0 Å². The van der Waals surface area contributed by atoms with Crippen LogP contribution in [0, 0.1) is 13.8 Å². The minimum atomic E-state index is -0.126. The fourth-order valence-corrected chi connectivity index (χ4v) is 2.48. The summed E-state index contributed by atoms with van der Waals surface area (Å²) in [6.45, 7) is 5.88. The van der Waals surface area contributed by atoms with Gasteiger partial charge in [-0.05, 0) is 44.0 Å². The summed E-state index contributed by atoms with van der Waals surface area (Å²) in [7, 11) is 0. The van der Waals surface area contributed by atoms with Crippen molar-refractivity contribution in [3.63, 3.8) is 0 Å². The number of thiazole rings is 1. The molecule has 2 N–H and O–H groups in total. The molecule has 0 saturated heterocycles. The van der Waals surface area contributed by atoms with Gasteiger partial charge in [0.25, 0.3) is 0 Å². The summed E-state index contributed by atoms with van der Waals surface area (Å²) in [5, 5.41) is 3.26. The SMILES string of the molecule is Cc1cc(OC(C)c2csc(N)n2)cc(C)c1Cl. The van der Waals surface area contributed by atoms with Crippen molar-refractivity contribution in [3.05, 3.63) is 39.4 Å². The zero-order chi connectivity index (χ0) is 13.3. The molecule has 1 atom stereocenters. The third-order valence-electron chi connectivity index (χ3n) is 2.68. The molecule has 1 aromatic carbocycles. The summed E-state index contributed by atoms with van der Waals surface area (Å²) < 4.78 is 5.86. The third-order valence-corrected chi connectivity index (χ3v) is 3.97. The average molecular weight is 283 g/mol. The number of hydrogen-bond donors (Lipinski definition) is 1. The Hall–Kier alpha value is -1.26. The molecular weight excluding hydrogens is 268 g/mol. The Bertz CT molecular complexity index is 545. The van der Waals surface area contributed by atoms with E-state index < -0.39 is 0 Å². The van der Waals surface area contributed by atoms with Crippen molar-refractivity contribution < 1.29 is 4.74 Å². The summed E-state index contributed by atoms with van der Waals surface area (Å²) in [6.07, 6.45) is -0.126. The van der Waals surface area contributed by atoms with E-state index in [9.17, 15) is 0 Å². The van der Waals surface area contributed by atoms with Crippen molar-refractivity contribution in [3.8, 4) is 5.75 Å². The lowest BCUT2D eigenvalue weighted by molar-refractivity contribution is 0.222. The highest BCUT2D eigenvalue weighted by atomic mass is 35.5. The second-order valence-corrected chi connectivity index (χ2v) is 5.51. The van der Waals surface area contributed by atoms with Gasteiger partial charge in [-0.3, -0.25) is 0 Å². The molecule has 0 amide bonds. The van der Waals surface area contributed by atoms with Crippen LogP contribution in [0.15, 0.2) is 17.5 Å². The third kappa shape index (κ3) is 2.76. The number of rotatable bonds is 3. The van der Waals surface area contributed by atoms with Crippen molar-refractivity contribution in [2.75, 3.05) is 5.73 Å². The van der Waals surface area contributed by atoms with E-state index in [0.717, 1.165) is 27.6 Å². The Morgan fingerprint density at radius 3 is 2.44 bits per heavy atom. The highest BCUT2D eigenvalue weighted by molar-refractivity contribution is 7.13. The summed E-state index contributed by atoms with van der Waals surface area (Å²) in [5.74, 6) is 0.800. The second-order valence-electron chi connectivity index (χ2n) is 4.24. The number of halogens is 1. The lowest BCUT2D eigenvalue weighted by atomic mass is 10.1. The van der Waals surface area contributed by atoms with Gasteiger partial charge in [0.2, 0.25) is 0 Å². The van der Waals surface area contributed by atoms with E-state index in [1.807, 2.05) is 38.3 Å². The zero-order valence-electron chi connectivity index (χ0n) is 10.5. The fraction of sp³-hybridized carbons (Fsp3) is 0.308. The van der Waals surface area contributed by atoms with Gasteiger partial charge in [-0.25, -0.2) is 4.98 Å². The number of benzene rings is 1. The minimum Gasteiger partial charge on any atom is -0.484 e. The van der Waals surface area contributed by atoms with Crippen LogP contribution in [0.4, 0.5) is 5.13 Å². The van der Waals surface area contributed by atoms with Gasteiger partial charge in [-0.1, -0.05) is 11.6 Å². The maximum atomic E-state index is 6.12. The molecule has 96 valence electrons. The fourth-order valence-electron chi connectivity index (χ4n) is 1.73. The van der Waals surface area contributed by atoms with Crippen LogP contribution >= 0.6 is 22.9 Å². The van der Waals surface area contributed by atoms with E-state index in [0.29, 0.717) is 5.13 Å². The summed E-state index contributed by atoms with van der Waals surface area (Å²) in [6, 6.07) is 3.86. The van der Waals surface area contributed by atoms with Crippen LogP contribution in [-0.2, 0) is 0 Å². The molecule has 0 aliphatic carbocycles. The highest BCUT2D eigenvalue weighted by Gasteiger charge is 2.12. The molecule has 0 spiro atoms. The van der Waals surface area contributed by atoms with E-state index in [1.54, 1.807) is 0 Å². The number of nitrogen functional groups attached to an aromatic ring is 1. The maximum absolute atomic E-state index is 6.12. The van der Waals surface area contributed by atoms with Gasteiger partial charge >= 0.3 is 0 Å². The summed E-state index contributed by atoms with van der Waals surface area (Å²) in [5.41, 5.74) is 8.48. The molecule has 0 aliphatic rings. The number of ether oxygens (including phenoxy) is 1. The van der Waals surface area contributed by atoms with Gasteiger partial charge < -0.3 is 10.5 Å². The first-order valence-corrected chi connectivity index (χ1v) is 6.87. The van der Waals surface area contributed by atoms with Gasteiger partial charge in [0, 0.05) is 10.4 Å². The molecule has 1 unspecified atom stereocenters. The van der Waals surface area contributed by atoms with E-state index >= 15 is 0 Å². The van der Waals surface area contributed by atoms with Gasteiger partial charge in [-0.2, -0.15) is 0 Å². The number of anilines is 1. The van der Waals surface area contributed by atoms with Crippen molar-refractivity contribution in [2.24, 2.45) is 0 Å². The number of aromatic nitrogens is 1. The van der Waals surface area contributed by atoms with Crippen molar-refractivity contribution in [1.82, 2.24) is 4.98 Å². The predicted octanol–water partition coefficient (Wildman–Crippen LogP) is 4.14. The van der Waals surface area contributed by atoms with Crippen LogP contribution < -0.4 is 10.5 Å². The second kappa shape index (κ2) is 5.16. The van der Waals surface area contributed by atoms with Crippen LogP contribution in [0.25, 0.3) is 0 Å². The molecule has 2 rings (SSSR count). The van der Waals surface area contributed by atoms with Crippen LogP contribution in [0.3, 0.4) is 0 Å². The van der Waals surface area contributed by atoms with E-state index in [1.165, 1.54) is 11.3 Å². The summed E-state index contributed by atoms with van der Waals surface area (Å²) >= 11 is 7.54. The Labute approximate surface area is 116 Å². The molecule has 0 radical (unpaired) electrons. The largest absolute Gasteiger partial charge is 0.484 e. The Morgan fingerprint density at radius 2 is 1.94 bits per heavy atom. The highest BCUT2D eigenvalue weighted by Crippen LogP contribution is 2.29. The smallest absolute Gasteiger partial charge is 0.180 e. The molecule has 0 saturated carbocycles. The van der Waals surface area contributed by atoms with Gasteiger partial charge in [0.15, 0.2) is 5.13 Å². The quantitative estimate of drug-likeness (QED) is 0.920. The first-order valence-electron chi connectivity index (χ1n) is 5.61. The van der Waals surface area contributed by atoms with Gasteiger partial charge in [-0.15, -0.1) is 11.3 Å². The molecule has 3 nitrogen and oxygen atoms in total. The van der Waals surface area contributed by atoms with E-state index in [-0.39, 0.29) is 6.10 Å². The lowest BCUT2D eigenvalue weighted by Crippen LogP contribution is -2.04. The standard InChI is InChI=1S/C13H15ClN2OS/c1-7-4-10(5-8(2)12(7)14)17-9(3)11-6-18-13(15)16-11/h4-6,9H,1-3H3,(H2,15,16). The van der Waals surface area contributed by atoms with E-state index in [4.69, 9.17) is 22.1 Å². The molecule has 0 fully saturated rings. The maximum Gasteiger partial charge on any atom is 0.180 e. The first kappa shape index (κ1) is 13.2. The number of hydrogen-bond acceptors (Lipinski definition) is 4. The minimum absolute atomic E-state index is 0.126. The summed E-state index contributed by atoms with van der Waals surface area (Å²) in [4.78, 5) is 4.21. The molecule has 0 aliphatic heterocycles. The zero-order valence-corrected chi connectivity index (χ0v) is 12.1.